The molecule has 27 heavy (non-hydrogen) atoms. The predicted molar refractivity (Wildman–Crippen MR) is 108 cm³/mol. The first-order valence-electron chi connectivity index (χ1n) is 10.1. The van der Waals surface area contributed by atoms with E-state index < -0.39 is 6.16 Å². The third kappa shape index (κ3) is 6.51. The highest BCUT2D eigenvalue weighted by atomic mass is 16.7. The van der Waals surface area contributed by atoms with Crippen molar-refractivity contribution in [3.05, 3.63) is 29.3 Å². The number of hydrogen-bond acceptors (Lipinski definition) is 5. The lowest BCUT2D eigenvalue weighted by molar-refractivity contribution is -0.0690. The second kappa shape index (κ2) is 10.1. The molecule has 0 aromatic heterocycles. The number of rotatable bonds is 7. The molecule has 5 heteroatoms. The summed E-state index contributed by atoms with van der Waals surface area (Å²) in [6.45, 7) is 15.7. The molecule has 2 rings (SSSR count). The van der Waals surface area contributed by atoms with E-state index in [1.807, 2.05) is 18.2 Å². The zero-order valence-corrected chi connectivity index (χ0v) is 17.7. The van der Waals surface area contributed by atoms with Gasteiger partial charge < -0.3 is 14.2 Å². The maximum atomic E-state index is 12.2. The van der Waals surface area contributed by atoms with Gasteiger partial charge in [-0.05, 0) is 43.2 Å². The van der Waals surface area contributed by atoms with E-state index in [9.17, 15) is 4.79 Å². The molecule has 1 saturated heterocycles. The first kappa shape index (κ1) is 21.7. The number of nitrogens with zero attached hydrogens (tertiary/aromatic N) is 1. The van der Waals surface area contributed by atoms with Crippen molar-refractivity contribution in [2.24, 2.45) is 0 Å². The van der Waals surface area contributed by atoms with Crippen LogP contribution in [0.2, 0.25) is 0 Å². The summed E-state index contributed by atoms with van der Waals surface area (Å²) in [4.78, 5) is 14.6. The maximum Gasteiger partial charge on any atom is 0.513 e. The Morgan fingerprint density at radius 2 is 1.67 bits per heavy atom. The summed E-state index contributed by atoms with van der Waals surface area (Å²) in [6.07, 6.45) is 0.675. The van der Waals surface area contributed by atoms with Gasteiger partial charge in [-0.25, -0.2) is 4.79 Å². The van der Waals surface area contributed by atoms with Crippen LogP contribution in [-0.4, -0.2) is 49.5 Å². The van der Waals surface area contributed by atoms with Crippen LogP contribution in [0, 0.1) is 0 Å². The van der Waals surface area contributed by atoms with Crippen LogP contribution in [0.25, 0.3) is 0 Å². The highest BCUT2D eigenvalue weighted by Crippen LogP contribution is 2.34. The molecule has 1 aliphatic rings. The molecule has 1 aromatic rings. The molecule has 2 atom stereocenters. The van der Waals surface area contributed by atoms with Gasteiger partial charge in [0.25, 0.3) is 0 Å². The lowest BCUT2D eigenvalue weighted by Crippen LogP contribution is -2.45. The number of hydrogen-bond donors (Lipinski definition) is 0. The van der Waals surface area contributed by atoms with Crippen LogP contribution in [0.3, 0.4) is 0 Å². The van der Waals surface area contributed by atoms with Gasteiger partial charge in [0, 0.05) is 19.6 Å². The summed E-state index contributed by atoms with van der Waals surface area (Å²) in [5, 5.41) is 0. The van der Waals surface area contributed by atoms with E-state index in [0.717, 1.165) is 37.2 Å². The number of carbonyl (C=O) groups is 1. The van der Waals surface area contributed by atoms with Crippen molar-refractivity contribution in [2.75, 3.05) is 26.2 Å². The van der Waals surface area contributed by atoms with E-state index in [2.05, 4.69) is 46.4 Å². The van der Waals surface area contributed by atoms with Crippen LogP contribution < -0.4 is 4.74 Å². The largest absolute Gasteiger partial charge is 0.513 e. The third-order valence-corrected chi connectivity index (χ3v) is 4.84. The van der Waals surface area contributed by atoms with Crippen LogP contribution >= 0.6 is 0 Å². The fourth-order valence-electron chi connectivity index (χ4n) is 3.62. The molecule has 0 spiro atoms. The van der Waals surface area contributed by atoms with E-state index in [4.69, 9.17) is 14.2 Å². The second-order valence-corrected chi connectivity index (χ2v) is 8.15. The molecule has 0 aliphatic carbocycles. The normalized spacial score (nSPS) is 20.9. The van der Waals surface area contributed by atoms with Crippen LogP contribution in [-0.2, 0) is 9.47 Å². The minimum absolute atomic E-state index is 0.252. The molecular weight excluding hydrogens is 342 g/mol. The van der Waals surface area contributed by atoms with Crippen molar-refractivity contribution < 1.29 is 19.0 Å². The smallest absolute Gasteiger partial charge is 0.434 e. The molecule has 5 nitrogen and oxygen atoms in total. The van der Waals surface area contributed by atoms with Gasteiger partial charge in [0.1, 0.15) is 5.75 Å². The molecule has 0 radical (unpaired) electrons. The topological polar surface area (TPSA) is 48.0 Å². The van der Waals surface area contributed by atoms with Gasteiger partial charge in [0.05, 0.1) is 18.8 Å². The van der Waals surface area contributed by atoms with Gasteiger partial charge in [-0.1, -0.05) is 45.9 Å². The number of benzene rings is 1. The zero-order chi connectivity index (χ0) is 20.0. The number of para-hydroxylation sites is 1. The Kier molecular flexibility index (Phi) is 8.11. The monoisotopic (exact) mass is 377 g/mol. The maximum absolute atomic E-state index is 12.2. The molecule has 0 N–H and O–H groups in total. The minimum atomic E-state index is -0.617. The zero-order valence-electron chi connectivity index (χ0n) is 17.7. The van der Waals surface area contributed by atoms with Crippen LogP contribution in [0.4, 0.5) is 4.79 Å². The van der Waals surface area contributed by atoms with Crippen molar-refractivity contribution in [3.63, 3.8) is 0 Å². The summed E-state index contributed by atoms with van der Waals surface area (Å²) in [5.41, 5.74) is 2.07. The fraction of sp³-hybridized carbons (Fsp3) is 0.682. The minimum Gasteiger partial charge on any atom is -0.434 e. The Hall–Kier alpha value is -1.59. The average molecular weight is 378 g/mol. The fourth-order valence-corrected chi connectivity index (χ4v) is 3.62. The first-order valence-corrected chi connectivity index (χ1v) is 10.1. The Morgan fingerprint density at radius 1 is 1.11 bits per heavy atom. The summed E-state index contributed by atoms with van der Waals surface area (Å²) >= 11 is 0. The van der Waals surface area contributed by atoms with Gasteiger partial charge >= 0.3 is 6.16 Å². The van der Waals surface area contributed by atoms with Crippen LogP contribution in [0.1, 0.15) is 70.9 Å². The average Bonchev–Trinajstić information content (AvgIpc) is 2.57. The summed E-state index contributed by atoms with van der Waals surface area (Å²) in [6, 6.07) is 6.05. The SMILES string of the molecule is CC1CN(CCCOC(=O)Oc2c(C(C)C)cccc2C(C)C)CC(C)O1. The molecule has 0 bridgehead atoms. The first-order chi connectivity index (χ1) is 12.8. The van der Waals surface area contributed by atoms with Gasteiger partial charge in [0.2, 0.25) is 0 Å². The predicted octanol–water partition coefficient (Wildman–Crippen LogP) is 4.95. The Bertz CT molecular complexity index is 578. The van der Waals surface area contributed by atoms with Crippen molar-refractivity contribution in [1.29, 1.82) is 0 Å². The van der Waals surface area contributed by atoms with Crippen LogP contribution in [0.15, 0.2) is 18.2 Å². The molecule has 1 aliphatic heterocycles. The van der Waals surface area contributed by atoms with E-state index in [0.29, 0.717) is 12.4 Å². The van der Waals surface area contributed by atoms with Gasteiger partial charge in [-0.15, -0.1) is 0 Å². The van der Waals surface area contributed by atoms with Crippen LogP contribution in [0.5, 0.6) is 5.75 Å². The highest BCUT2D eigenvalue weighted by Gasteiger charge is 2.22. The molecule has 1 fully saturated rings. The third-order valence-electron chi connectivity index (χ3n) is 4.84. The van der Waals surface area contributed by atoms with E-state index >= 15 is 0 Å². The van der Waals surface area contributed by atoms with Gasteiger partial charge in [-0.2, -0.15) is 0 Å². The molecular formula is C22H35NO4. The van der Waals surface area contributed by atoms with Crippen molar-refractivity contribution in [2.45, 2.75) is 72.0 Å². The molecule has 1 heterocycles. The number of carbonyl (C=O) groups excluding carboxylic acids is 1. The standard InChI is InChI=1S/C22H35NO4/c1-15(2)19-9-7-10-20(16(3)4)21(19)27-22(24)25-12-8-11-23-13-17(5)26-18(6)14-23/h7,9-10,15-18H,8,11-14H2,1-6H3. The Labute approximate surface area is 164 Å². The Balaban J connectivity index is 1.85. The quantitative estimate of drug-likeness (QED) is 0.382. The van der Waals surface area contributed by atoms with E-state index in [1.165, 1.54) is 0 Å². The number of morpholine rings is 1. The van der Waals surface area contributed by atoms with Crippen molar-refractivity contribution >= 4 is 6.16 Å². The summed E-state index contributed by atoms with van der Waals surface area (Å²) in [5.74, 6) is 1.21. The lowest BCUT2D eigenvalue weighted by Gasteiger charge is -2.35. The van der Waals surface area contributed by atoms with Gasteiger partial charge in [0.15, 0.2) is 0 Å². The van der Waals surface area contributed by atoms with Crippen molar-refractivity contribution in [1.82, 2.24) is 4.90 Å². The van der Waals surface area contributed by atoms with Gasteiger partial charge in [-0.3, -0.25) is 4.90 Å². The number of ether oxygens (including phenoxy) is 3. The lowest BCUT2D eigenvalue weighted by atomic mass is 9.94. The Morgan fingerprint density at radius 3 is 2.19 bits per heavy atom. The molecule has 0 amide bonds. The molecule has 2 unspecified atom stereocenters. The summed E-state index contributed by atoms with van der Waals surface area (Å²) in [7, 11) is 0. The molecule has 152 valence electrons. The summed E-state index contributed by atoms with van der Waals surface area (Å²) < 4.78 is 16.7. The second-order valence-electron chi connectivity index (χ2n) is 8.15. The van der Waals surface area contributed by atoms with Crippen molar-refractivity contribution in [3.8, 4) is 5.75 Å². The molecule has 0 saturated carbocycles. The molecule has 1 aromatic carbocycles. The van der Waals surface area contributed by atoms with E-state index in [-0.39, 0.29) is 24.0 Å². The highest BCUT2D eigenvalue weighted by molar-refractivity contribution is 5.66. The van der Waals surface area contributed by atoms with E-state index in [1.54, 1.807) is 0 Å².